The lowest BCUT2D eigenvalue weighted by Gasteiger charge is -2.26. The molecule has 122 valence electrons. The van der Waals surface area contributed by atoms with Gasteiger partial charge < -0.3 is 20.3 Å². The molecule has 0 saturated carbocycles. The molecule has 1 aliphatic rings. The van der Waals surface area contributed by atoms with Gasteiger partial charge in [-0.3, -0.25) is 4.79 Å². The maximum atomic E-state index is 12.0. The Morgan fingerprint density at radius 2 is 1.95 bits per heavy atom. The van der Waals surface area contributed by atoms with Crippen LogP contribution in [-0.4, -0.2) is 54.7 Å². The number of hydrogen-bond acceptors (Lipinski definition) is 4. The van der Waals surface area contributed by atoms with E-state index in [1.165, 1.54) is 0 Å². The highest BCUT2D eigenvalue weighted by atomic mass is 16.6. The van der Waals surface area contributed by atoms with Crippen LogP contribution in [0.15, 0.2) is 0 Å². The monoisotopic (exact) mass is 299 g/mol. The second-order valence-electron chi connectivity index (χ2n) is 6.43. The van der Waals surface area contributed by atoms with Crippen LogP contribution in [0, 0.1) is 0 Å². The first-order valence-corrected chi connectivity index (χ1v) is 7.80. The van der Waals surface area contributed by atoms with E-state index in [4.69, 9.17) is 4.74 Å². The van der Waals surface area contributed by atoms with Gasteiger partial charge in [-0.25, -0.2) is 4.79 Å². The summed E-state index contributed by atoms with van der Waals surface area (Å²) in [5.74, 6) is 0.0192. The fourth-order valence-electron chi connectivity index (χ4n) is 2.31. The van der Waals surface area contributed by atoms with E-state index >= 15 is 0 Å². The van der Waals surface area contributed by atoms with Gasteiger partial charge in [-0.1, -0.05) is 0 Å². The Morgan fingerprint density at radius 1 is 1.24 bits per heavy atom. The zero-order valence-electron chi connectivity index (χ0n) is 13.7. The Hall–Kier alpha value is -1.30. The van der Waals surface area contributed by atoms with Gasteiger partial charge in [-0.05, 0) is 47.0 Å². The van der Waals surface area contributed by atoms with E-state index in [1.807, 2.05) is 27.7 Å². The van der Waals surface area contributed by atoms with Crippen molar-refractivity contribution in [2.75, 3.05) is 26.2 Å². The lowest BCUT2D eigenvalue weighted by atomic mass is 10.1. The highest BCUT2D eigenvalue weighted by Gasteiger charge is 2.25. The van der Waals surface area contributed by atoms with Crippen LogP contribution in [0.3, 0.4) is 0 Å². The quantitative estimate of drug-likeness (QED) is 0.825. The van der Waals surface area contributed by atoms with Crippen molar-refractivity contribution in [3.8, 4) is 0 Å². The maximum Gasteiger partial charge on any atom is 0.410 e. The Bertz CT molecular complexity index is 353. The molecule has 0 spiro atoms. The second-order valence-corrected chi connectivity index (χ2v) is 6.43. The van der Waals surface area contributed by atoms with Crippen molar-refractivity contribution in [2.24, 2.45) is 0 Å². The molecule has 2 amide bonds. The summed E-state index contributed by atoms with van der Waals surface area (Å²) < 4.78 is 5.40. The van der Waals surface area contributed by atoms with Gasteiger partial charge in [-0.15, -0.1) is 0 Å². The van der Waals surface area contributed by atoms with Gasteiger partial charge in [0.1, 0.15) is 5.60 Å². The molecule has 0 radical (unpaired) electrons. The number of amides is 2. The van der Waals surface area contributed by atoms with Gasteiger partial charge in [0, 0.05) is 25.7 Å². The first-order chi connectivity index (χ1) is 9.81. The molecule has 1 heterocycles. The molecule has 0 aromatic heterocycles. The molecule has 1 aliphatic heterocycles. The molecular formula is C15H29N3O3. The van der Waals surface area contributed by atoms with Crippen LogP contribution in [0.1, 0.15) is 47.0 Å². The van der Waals surface area contributed by atoms with Crippen LogP contribution < -0.4 is 10.6 Å². The molecule has 6 nitrogen and oxygen atoms in total. The van der Waals surface area contributed by atoms with Crippen LogP contribution in [-0.2, 0) is 9.53 Å². The SMILES string of the molecule is CCNC(=O)CNC1CCCN(C(=O)OC(C)(C)C)CC1. The summed E-state index contributed by atoms with van der Waals surface area (Å²) in [5.41, 5.74) is -0.459. The predicted molar refractivity (Wildman–Crippen MR) is 82.1 cm³/mol. The number of carbonyl (C=O) groups is 2. The summed E-state index contributed by atoms with van der Waals surface area (Å²) in [5, 5.41) is 6.03. The first-order valence-electron chi connectivity index (χ1n) is 7.80. The summed E-state index contributed by atoms with van der Waals surface area (Å²) in [6.07, 6.45) is 2.50. The van der Waals surface area contributed by atoms with Crippen molar-refractivity contribution in [1.82, 2.24) is 15.5 Å². The number of hydrogen-bond donors (Lipinski definition) is 2. The average molecular weight is 299 g/mol. The van der Waals surface area contributed by atoms with Crippen LogP contribution in [0.5, 0.6) is 0 Å². The number of nitrogens with one attached hydrogen (secondary N) is 2. The van der Waals surface area contributed by atoms with Gasteiger partial charge in [-0.2, -0.15) is 0 Å². The van der Waals surface area contributed by atoms with E-state index in [0.29, 0.717) is 26.2 Å². The second kappa shape index (κ2) is 8.22. The van der Waals surface area contributed by atoms with Gasteiger partial charge in [0.2, 0.25) is 5.91 Å². The molecule has 1 atom stereocenters. The largest absolute Gasteiger partial charge is 0.444 e. The molecule has 0 aromatic rings. The third kappa shape index (κ3) is 7.32. The zero-order chi connectivity index (χ0) is 15.9. The number of nitrogens with zero attached hydrogens (tertiary/aromatic N) is 1. The van der Waals surface area contributed by atoms with Crippen LogP contribution in [0.25, 0.3) is 0 Å². The van der Waals surface area contributed by atoms with Gasteiger partial charge >= 0.3 is 6.09 Å². The summed E-state index contributed by atoms with van der Waals surface area (Å²) in [7, 11) is 0. The molecular weight excluding hydrogens is 270 g/mol. The highest BCUT2D eigenvalue weighted by Crippen LogP contribution is 2.15. The van der Waals surface area contributed by atoms with Gasteiger partial charge in [0.05, 0.1) is 6.54 Å². The van der Waals surface area contributed by atoms with Crippen LogP contribution in [0.4, 0.5) is 4.79 Å². The molecule has 0 bridgehead atoms. The molecule has 1 saturated heterocycles. The molecule has 6 heteroatoms. The number of rotatable bonds is 4. The molecule has 21 heavy (non-hydrogen) atoms. The first kappa shape index (κ1) is 17.8. The molecule has 1 rings (SSSR count). The van der Waals surface area contributed by atoms with Crippen LogP contribution >= 0.6 is 0 Å². The van der Waals surface area contributed by atoms with Gasteiger partial charge in [0.25, 0.3) is 0 Å². The van der Waals surface area contributed by atoms with E-state index in [1.54, 1.807) is 4.90 Å². The lowest BCUT2D eigenvalue weighted by molar-refractivity contribution is -0.120. The Balaban J connectivity index is 2.36. The van der Waals surface area contributed by atoms with Crippen molar-refractivity contribution in [2.45, 2.75) is 58.6 Å². The van der Waals surface area contributed by atoms with E-state index in [-0.39, 0.29) is 18.0 Å². The summed E-state index contributed by atoms with van der Waals surface area (Å²) in [6, 6.07) is 0.278. The summed E-state index contributed by atoms with van der Waals surface area (Å²) >= 11 is 0. The molecule has 1 unspecified atom stereocenters. The molecule has 1 fully saturated rings. The number of likely N-dealkylation sites (tertiary alicyclic amines) is 1. The molecule has 0 aliphatic carbocycles. The van der Waals surface area contributed by atoms with E-state index in [2.05, 4.69) is 10.6 Å². The fraction of sp³-hybridized carbons (Fsp3) is 0.867. The smallest absolute Gasteiger partial charge is 0.410 e. The van der Waals surface area contributed by atoms with Crippen molar-refractivity contribution >= 4 is 12.0 Å². The topological polar surface area (TPSA) is 70.7 Å². The molecule has 2 N–H and O–H groups in total. The maximum absolute atomic E-state index is 12.0. The van der Waals surface area contributed by atoms with E-state index in [9.17, 15) is 9.59 Å². The van der Waals surface area contributed by atoms with E-state index in [0.717, 1.165) is 19.3 Å². The number of ether oxygens (including phenoxy) is 1. The van der Waals surface area contributed by atoms with Crippen molar-refractivity contribution in [3.05, 3.63) is 0 Å². The molecule has 0 aromatic carbocycles. The minimum Gasteiger partial charge on any atom is -0.444 e. The van der Waals surface area contributed by atoms with Crippen molar-refractivity contribution in [3.63, 3.8) is 0 Å². The zero-order valence-corrected chi connectivity index (χ0v) is 13.7. The third-order valence-electron chi connectivity index (χ3n) is 3.31. The highest BCUT2D eigenvalue weighted by molar-refractivity contribution is 5.77. The van der Waals surface area contributed by atoms with E-state index < -0.39 is 5.60 Å². The lowest BCUT2D eigenvalue weighted by Crippen LogP contribution is -2.40. The van der Waals surface area contributed by atoms with Crippen molar-refractivity contribution in [1.29, 1.82) is 0 Å². The third-order valence-corrected chi connectivity index (χ3v) is 3.31. The minimum absolute atomic E-state index is 0.0192. The standard InChI is InChI=1S/C15H29N3O3/c1-5-16-13(19)11-17-12-7-6-9-18(10-8-12)14(20)21-15(2,3)4/h12,17H,5-11H2,1-4H3,(H,16,19). The Morgan fingerprint density at radius 3 is 2.57 bits per heavy atom. The van der Waals surface area contributed by atoms with Crippen LogP contribution in [0.2, 0.25) is 0 Å². The fourth-order valence-corrected chi connectivity index (χ4v) is 2.31. The normalized spacial score (nSPS) is 19.8. The number of carbonyl (C=O) groups excluding carboxylic acids is 2. The van der Waals surface area contributed by atoms with Crippen molar-refractivity contribution < 1.29 is 14.3 Å². The minimum atomic E-state index is -0.459. The summed E-state index contributed by atoms with van der Waals surface area (Å²) in [4.78, 5) is 25.2. The summed E-state index contributed by atoms with van der Waals surface area (Å²) in [6.45, 7) is 9.90. The van der Waals surface area contributed by atoms with Gasteiger partial charge in [0.15, 0.2) is 0 Å². The Labute approximate surface area is 127 Å². The average Bonchev–Trinajstić information content (AvgIpc) is 2.60. The predicted octanol–water partition coefficient (Wildman–Crippen LogP) is 1.50. The number of likely N-dealkylation sites (N-methyl/N-ethyl adjacent to an activating group) is 1. The Kier molecular flexibility index (Phi) is 6.95.